The predicted octanol–water partition coefficient (Wildman–Crippen LogP) is 4.03. The van der Waals surface area contributed by atoms with Crippen LogP contribution in [0.25, 0.3) is 22.3 Å². The number of para-hydroxylation sites is 1. The summed E-state index contributed by atoms with van der Waals surface area (Å²) in [5, 5.41) is 4.91. The topological polar surface area (TPSA) is 112 Å². The van der Waals surface area contributed by atoms with E-state index in [4.69, 9.17) is 10.5 Å². The fourth-order valence-corrected chi connectivity index (χ4v) is 4.26. The van der Waals surface area contributed by atoms with E-state index in [1.165, 1.54) is 30.6 Å². The number of nitrogen functional groups attached to an aromatic ring is 1. The molecule has 0 radical (unpaired) electrons. The SMILES string of the molecule is C=CC(=O)N1CCC[C@@H](n2nc(-c3ccc(Oc4c(F)cccc4F)nc3F)c3c(N)ncnc32)C1. The zero-order chi connectivity index (χ0) is 25.4. The van der Waals surface area contributed by atoms with Crippen LogP contribution in [-0.4, -0.2) is 48.6 Å². The minimum absolute atomic E-state index is 0.0311. The van der Waals surface area contributed by atoms with Gasteiger partial charge in [0, 0.05) is 19.2 Å². The minimum Gasteiger partial charge on any atom is -0.433 e. The van der Waals surface area contributed by atoms with Gasteiger partial charge in [-0.25, -0.2) is 23.4 Å². The first-order valence-corrected chi connectivity index (χ1v) is 11.1. The zero-order valence-electron chi connectivity index (χ0n) is 18.9. The summed E-state index contributed by atoms with van der Waals surface area (Å²) in [6.45, 7) is 4.50. The molecule has 2 N–H and O–H groups in total. The summed E-state index contributed by atoms with van der Waals surface area (Å²) >= 11 is 0. The van der Waals surface area contributed by atoms with Gasteiger partial charge in [-0.15, -0.1) is 0 Å². The zero-order valence-corrected chi connectivity index (χ0v) is 18.9. The number of rotatable bonds is 5. The van der Waals surface area contributed by atoms with E-state index < -0.39 is 23.3 Å². The average molecular weight is 495 g/mol. The predicted molar refractivity (Wildman–Crippen MR) is 124 cm³/mol. The fourth-order valence-electron chi connectivity index (χ4n) is 4.26. The first kappa shape index (κ1) is 23.3. The molecule has 184 valence electrons. The maximum Gasteiger partial charge on any atom is 0.246 e. The van der Waals surface area contributed by atoms with Crippen LogP contribution in [0.15, 0.2) is 49.3 Å². The largest absolute Gasteiger partial charge is 0.433 e. The Labute approximate surface area is 203 Å². The summed E-state index contributed by atoms with van der Waals surface area (Å²) < 4.78 is 49.8. The number of nitrogens with zero attached hydrogens (tertiary/aromatic N) is 6. The van der Waals surface area contributed by atoms with Crippen molar-refractivity contribution in [1.29, 1.82) is 0 Å². The number of amides is 1. The number of fused-ring (bicyclic) bond motifs is 1. The van der Waals surface area contributed by atoms with Crippen molar-refractivity contribution in [3.63, 3.8) is 0 Å². The van der Waals surface area contributed by atoms with Crippen molar-refractivity contribution >= 4 is 22.8 Å². The van der Waals surface area contributed by atoms with Gasteiger partial charge in [-0.05, 0) is 37.1 Å². The van der Waals surface area contributed by atoms with Crippen LogP contribution in [0, 0.1) is 17.6 Å². The molecule has 1 fully saturated rings. The first-order valence-electron chi connectivity index (χ1n) is 11.1. The van der Waals surface area contributed by atoms with E-state index in [1.54, 1.807) is 9.58 Å². The summed E-state index contributed by atoms with van der Waals surface area (Å²) in [7, 11) is 0. The van der Waals surface area contributed by atoms with Crippen LogP contribution >= 0.6 is 0 Å². The number of hydrogen-bond acceptors (Lipinski definition) is 7. The molecule has 0 bridgehead atoms. The molecular weight excluding hydrogens is 475 g/mol. The van der Waals surface area contributed by atoms with Crippen molar-refractivity contribution in [2.75, 3.05) is 18.8 Å². The molecule has 4 heterocycles. The van der Waals surface area contributed by atoms with Crippen molar-refractivity contribution in [1.82, 2.24) is 29.6 Å². The second-order valence-corrected chi connectivity index (χ2v) is 8.18. The van der Waals surface area contributed by atoms with Crippen LogP contribution in [0.5, 0.6) is 11.6 Å². The summed E-state index contributed by atoms with van der Waals surface area (Å²) in [4.78, 5) is 25.9. The number of hydrogen-bond donors (Lipinski definition) is 1. The smallest absolute Gasteiger partial charge is 0.246 e. The summed E-state index contributed by atoms with van der Waals surface area (Å²) in [5.41, 5.74) is 6.61. The van der Waals surface area contributed by atoms with Crippen LogP contribution < -0.4 is 10.5 Å². The molecular formula is C24H20F3N7O2. The van der Waals surface area contributed by atoms with Gasteiger partial charge in [0.25, 0.3) is 0 Å². The number of nitrogens with two attached hydrogens (primary N) is 1. The number of aromatic nitrogens is 5. The van der Waals surface area contributed by atoms with E-state index in [9.17, 15) is 13.6 Å². The van der Waals surface area contributed by atoms with E-state index in [0.29, 0.717) is 30.5 Å². The quantitative estimate of drug-likeness (QED) is 0.329. The number of benzene rings is 1. The van der Waals surface area contributed by atoms with Crippen molar-refractivity contribution in [3.8, 4) is 22.9 Å². The maximum absolute atomic E-state index is 15.2. The molecule has 0 unspecified atom stereocenters. The molecule has 0 saturated carbocycles. The number of pyridine rings is 1. The highest BCUT2D eigenvalue weighted by molar-refractivity contribution is 5.98. The lowest BCUT2D eigenvalue weighted by Gasteiger charge is -2.32. The molecule has 12 heteroatoms. The third-order valence-corrected chi connectivity index (χ3v) is 5.95. The van der Waals surface area contributed by atoms with E-state index >= 15 is 4.39 Å². The van der Waals surface area contributed by atoms with Crippen molar-refractivity contribution in [2.45, 2.75) is 18.9 Å². The molecule has 36 heavy (non-hydrogen) atoms. The van der Waals surface area contributed by atoms with Crippen LogP contribution in [0.2, 0.25) is 0 Å². The summed E-state index contributed by atoms with van der Waals surface area (Å²) in [6.07, 6.45) is 3.98. The van der Waals surface area contributed by atoms with Crippen molar-refractivity contribution < 1.29 is 22.7 Å². The monoisotopic (exact) mass is 495 g/mol. The number of piperidine rings is 1. The molecule has 1 saturated heterocycles. The molecule has 4 aromatic rings. The third-order valence-electron chi connectivity index (χ3n) is 5.95. The molecule has 1 amide bonds. The Hall–Kier alpha value is -4.48. The van der Waals surface area contributed by atoms with E-state index in [2.05, 4.69) is 26.6 Å². The average Bonchev–Trinajstić information content (AvgIpc) is 3.27. The lowest BCUT2D eigenvalue weighted by atomic mass is 10.1. The van der Waals surface area contributed by atoms with Gasteiger partial charge < -0.3 is 15.4 Å². The summed E-state index contributed by atoms with van der Waals surface area (Å²) in [5.74, 6) is -4.04. The first-order chi connectivity index (χ1) is 17.4. The van der Waals surface area contributed by atoms with Gasteiger partial charge in [0.15, 0.2) is 17.3 Å². The Morgan fingerprint density at radius 1 is 1.17 bits per heavy atom. The van der Waals surface area contributed by atoms with Crippen LogP contribution in [0.1, 0.15) is 18.9 Å². The molecule has 1 aliphatic heterocycles. The lowest BCUT2D eigenvalue weighted by molar-refractivity contribution is -0.127. The van der Waals surface area contributed by atoms with E-state index in [1.807, 2.05) is 0 Å². The highest BCUT2D eigenvalue weighted by Gasteiger charge is 2.29. The number of carbonyl (C=O) groups excluding carboxylic acids is 1. The van der Waals surface area contributed by atoms with Gasteiger partial charge in [0.1, 0.15) is 17.8 Å². The number of likely N-dealkylation sites (tertiary alicyclic amines) is 1. The second kappa shape index (κ2) is 9.29. The molecule has 0 spiro atoms. The van der Waals surface area contributed by atoms with Gasteiger partial charge in [-0.1, -0.05) is 12.6 Å². The Bertz CT molecular complexity index is 1470. The molecule has 3 aromatic heterocycles. The number of halogens is 3. The number of anilines is 1. The van der Waals surface area contributed by atoms with Crippen LogP contribution in [0.3, 0.4) is 0 Å². The number of ether oxygens (including phenoxy) is 1. The molecule has 5 rings (SSSR count). The van der Waals surface area contributed by atoms with Gasteiger partial charge in [-0.3, -0.25) is 4.79 Å². The highest BCUT2D eigenvalue weighted by Crippen LogP contribution is 2.36. The maximum atomic E-state index is 15.2. The minimum atomic E-state index is -0.994. The Kier molecular flexibility index (Phi) is 6.00. The third kappa shape index (κ3) is 4.10. The standard InChI is InChI=1S/C24H20F3N7O2/c1-2-18(35)33-10-4-5-13(11-33)34-24-19(23(28)29-12-30-24)20(32-34)14-8-9-17(31-22(14)27)36-21-15(25)6-3-7-16(21)26/h2-3,6-9,12-13H,1,4-5,10-11H2,(H2,28,29,30)/t13-/m1/s1. The van der Waals surface area contributed by atoms with Gasteiger partial charge >= 0.3 is 0 Å². The Morgan fingerprint density at radius 2 is 1.94 bits per heavy atom. The molecule has 9 nitrogen and oxygen atoms in total. The molecule has 1 atom stereocenters. The second-order valence-electron chi connectivity index (χ2n) is 8.18. The van der Waals surface area contributed by atoms with Gasteiger partial charge in [0.05, 0.1) is 17.0 Å². The van der Waals surface area contributed by atoms with Gasteiger partial charge in [-0.2, -0.15) is 14.5 Å². The van der Waals surface area contributed by atoms with Gasteiger partial charge in [0.2, 0.25) is 23.5 Å². The van der Waals surface area contributed by atoms with E-state index in [-0.39, 0.29) is 34.9 Å². The Morgan fingerprint density at radius 3 is 2.67 bits per heavy atom. The highest BCUT2D eigenvalue weighted by atomic mass is 19.1. The summed E-state index contributed by atoms with van der Waals surface area (Å²) in [6, 6.07) is 5.56. The van der Waals surface area contributed by atoms with Crippen molar-refractivity contribution in [2.24, 2.45) is 0 Å². The fraction of sp³-hybridized carbons (Fsp3) is 0.208. The molecule has 0 aliphatic carbocycles. The molecule has 1 aliphatic rings. The normalized spacial score (nSPS) is 15.8. The lowest BCUT2D eigenvalue weighted by Crippen LogP contribution is -2.40. The number of carbonyl (C=O) groups is 1. The van der Waals surface area contributed by atoms with Crippen LogP contribution in [-0.2, 0) is 4.79 Å². The van der Waals surface area contributed by atoms with Crippen molar-refractivity contribution in [3.05, 3.63) is 66.9 Å². The van der Waals surface area contributed by atoms with Crippen LogP contribution in [0.4, 0.5) is 19.0 Å². The molecule has 1 aromatic carbocycles. The van der Waals surface area contributed by atoms with E-state index in [0.717, 1.165) is 18.6 Å². The Balaban J connectivity index is 1.54.